The molecule has 0 radical (unpaired) electrons. The van der Waals surface area contributed by atoms with E-state index in [1.54, 1.807) is 0 Å². The van der Waals surface area contributed by atoms with Crippen LogP contribution in [0.15, 0.2) is 48.5 Å². The number of phenols is 8. The fraction of sp³-hybridized carbons (Fsp3) is 0.111. The van der Waals surface area contributed by atoms with Gasteiger partial charge < -0.3 is 60.2 Å². The molecule has 0 aliphatic rings. The van der Waals surface area contributed by atoms with Gasteiger partial charge in [-0.1, -0.05) is 6.07 Å². The lowest BCUT2D eigenvalue weighted by Crippen LogP contribution is -2.44. The Hall–Kier alpha value is -6.32. The molecule has 16 heteroatoms. The number of phenolic OH excluding ortho intramolecular Hbond substituents is 8. The van der Waals surface area contributed by atoms with Crippen LogP contribution in [0.1, 0.15) is 26.3 Å². The molecule has 0 saturated heterocycles. The van der Waals surface area contributed by atoms with Crippen LogP contribution in [0.25, 0.3) is 6.08 Å². The zero-order valence-corrected chi connectivity index (χ0v) is 21.4. The highest BCUT2D eigenvalue weighted by atomic mass is 16.6. The van der Waals surface area contributed by atoms with Gasteiger partial charge in [-0.2, -0.15) is 0 Å². The number of rotatable bonds is 10. The molecule has 3 aromatic rings. The molecule has 0 spiro atoms. The van der Waals surface area contributed by atoms with Crippen molar-refractivity contribution in [2.24, 2.45) is 0 Å². The van der Waals surface area contributed by atoms with Crippen molar-refractivity contribution in [1.29, 1.82) is 0 Å². The molecule has 16 nitrogen and oxygen atoms in total. The van der Waals surface area contributed by atoms with E-state index in [2.05, 4.69) is 0 Å². The van der Waals surface area contributed by atoms with Crippen LogP contribution in [0.2, 0.25) is 0 Å². The van der Waals surface area contributed by atoms with E-state index in [1.165, 1.54) is 6.07 Å². The number of carbonyl (C=O) groups is 4. The quantitative estimate of drug-likeness (QED) is 0.0686. The molecule has 3 rings (SSSR count). The minimum absolute atomic E-state index is 0.236. The van der Waals surface area contributed by atoms with Gasteiger partial charge in [0, 0.05) is 6.08 Å². The van der Waals surface area contributed by atoms with Crippen LogP contribution in [0.3, 0.4) is 0 Å². The smallest absolute Gasteiger partial charge is 0.349 e. The average Bonchev–Trinajstić information content (AvgIpc) is 2.95. The van der Waals surface area contributed by atoms with Gasteiger partial charge in [0.2, 0.25) is 6.10 Å². The van der Waals surface area contributed by atoms with E-state index in [4.69, 9.17) is 14.2 Å². The van der Waals surface area contributed by atoms with Gasteiger partial charge in [-0.05, 0) is 48.0 Å². The minimum atomic E-state index is -2.42. The van der Waals surface area contributed by atoms with E-state index >= 15 is 0 Å². The molecular weight excluding hydrogens is 580 g/mol. The van der Waals surface area contributed by atoms with Gasteiger partial charge in [-0.25, -0.2) is 19.2 Å². The SMILES string of the molecule is O=C(C=Cc1ccc(O)c(O)c1)OCC(OC(=O)c1cc(O)c(O)c(O)c1)C(OC(=O)c1cc(O)c(O)c(O)c1)C(=O)O. The van der Waals surface area contributed by atoms with Crippen molar-refractivity contribution in [3.8, 4) is 46.0 Å². The molecule has 0 amide bonds. The normalized spacial score (nSPS) is 12.3. The van der Waals surface area contributed by atoms with E-state index < -0.39 is 99.8 Å². The third-order valence-corrected chi connectivity index (χ3v) is 5.49. The summed E-state index contributed by atoms with van der Waals surface area (Å²) in [6.07, 6.45) is -2.56. The van der Waals surface area contributed by atoms with Gasteiger partial charge in [-0.15, -0.1) is 0 Å². The lowest BCUT2D eigenvalue weighted by Gasteiger charge is -2.24. The highest BCUT2D eigenvalue weighted by molar-refractivity contribution is 5.94. The summed E-state index contributed by atoms with van der Waals surface area (Å²) in [5.41, 5.74) is -1.02. The summed E-state index contributed by atoms with van der Waals surface area (Å²) in [4.78, 5) is 49.7. The van der Waals surface area contributed by atoms with E-state index in [0.717, 1.165) is 24.3 Å². The predicted octanol–water partition coefficient (Wildman–Crippen LogP) is 1.42. The molecule has 0 aromatic heterocycles. The summed E-state index contributed by atoms with van der Waals surface area (Å²) in [7, 11) is 0. The van der Waals surface area contributed by atoms with Crippen LogP contribution in [-0.4, -0.2) is 88.7 Å². The van der Waals surface area contributed by atoms with E-state index in [0.29, 0.717) is 24.3 Å². The number of hydrogen-bond donors (Lipinski definition) is 9. The molecule has 0 aliphatic heterocycles. The number of benzene rings is 3. The Bertz CT molecular complexity index is 1560. The lowest BCUT2D eigenvalue weighted by molar-refractivity contribution is -0.160. The van der Waals surface area contributed by atoms with Gasteiger partial charge in [0.25, 0.3) is 0 Å². The molecule has 2 atom stereocenters. The van der Waals surface area contributed by atoms with Crippen LogP contribution in [0.4, 0.5) is 0 Å². The maximum Gasteiger partial charge on any atom is 0.349 e. The molecule has 0 saturated carbocycles. The van der Waals surface area contributed by atoms with Crippen molar-refractivity contribution < 1.29 is 79.3 Å². The van der Waals surface area contributed by atoms with Crippen LogP contribution in [-0.2, 0) is 23.8 Å². The van der Waals surface area contributed by atoms with Crippen molar-refractivity contribution in [2.75, 3.05) is 6.61 Å². The first-order valence-electron chi connectivity index (χ1n) is 11.7. The maximum absolute atomic E-state index is 12.7. The number of hydrogen-bond acceptors (Lipinski definition) is 15. The fourth-order valence-corrected chi connectivity index (χ4v) is 3.32. The Morgan fingerprint density at radius 2 is 1.14 bits per heavy atom. The standard InChI is InChI=1S/C27H22O16/c28-14-3-1-11(5-15(14)29)2-4-21(34)41-10-20(42-26(39)12-6-16(30)22(35)17(31)7-12)24(25(37)38)43-27(40)13-8-18(32)23(36)19(33)9-13/h1-9,20,24,28-33,35-36H,10H2,(H,37,38). The second kappa shape index (κ2) is 12.9. The van der Waals surface area contributed by atoms with Crippen molar-refractivity contribution >= 4 is 30.0 Å². The van der Waals surface area contributed by atoms with Crippen molar-refractivity contribution in [3.63, 3.8) is 0 Å². The number of aliphatic carboxylic acids is 1. The number of ether oxygens (including phenoxy) is 3. The summed E-state index contributed by atoms with van der Waals surface area (Å²) in [5.74, 6) is -12.7. The molecule has 0 heterocycles. The third kappa shape index (κ3) is 7.66. The fourth-order valence-electron chi connectivity index (χ4n) is 3.32. The van der Waals surface area contributed by atoms with E-state index in [-0.39, 0.29) is 5.56 Å². The Balaban J connectivity index is 1.87. The molecule has 0 aliphatic carbocycles. The number of aromatic hydroxyl groups is 8. The maximum atomic E-state index is 12.7. The number of esters is 3. The lowest BCUT2D eigenvalue weighted by atomic mass is 10.1. The first kappa shape index (κ1) is 31.2. The van der Waals surface area contributed by atoms with E-state index in [1.807, 2.05) is 0 Å². The molecule has 43 heavy (non-hydrogen) atoms. The van der Waals surface area contributed by atoms with Gasteiger partial charge in [0.05, 0.1) is 11.1 Å². The Labute approximate surface area is 239 Å². The summed E-state index contributed by atoms with van der Waals surface area (Å²) in [5, 5.41) is 86.3. The average molecular weight is 602 g/mol. The molecule has 3 aromatic carbocycles. The minimum Gasteiger partial charge on any atom is -0.504 e. The summed E-state index contributed by atoms with van der Waals surface area (Å²) in [6, 6.07) is 6.13. The molecule has 226 valence electrons. The largest absolute Gasteiger partial charge is 0.504 e. The van der Waals surface area contributed by atoms with Crippen molar-refractivity contribution in [1.82, 2.24) is 0 Å². The van der Waals surface area contributed by atoms with Crippen LogP contribution >= 0.6 is 0 Å². The van der Waals surface area contributed by atoms with Gasteiger partial charge in [0.15, 0.2) is 52.1 Å². The Kier molecular flexibility index (Phi) is 9.36. The highest BCUT2D eigenvalue weighted by Crippen LogP contribution is 2.37. The highest BCUT2D eigenvalue weighted by Gasteiger charge is 2.37. The third-order valence-electron chi connectivity index (χ3n) is 5.49. The first-order chi connectivity index (χ1) is 20.2. The van der Waals surface area contributed by atoms with Gasteiger partial charge >= 0.3 is 23.9 Å². The number of carbonyl (C=O) groups excluding carboxylic acids is 3. The molecule has 9 N–H and O–H groups in total. The predicted molar refractivity (Wildman–Crippen MR) is 139 cm³/mol. The molecular formula is C27H22O16. The summed E-state index contributed by atoms with van der Waals surface area (Å²) < 4.78 is 14.9. The van der Waals surface area contributed by atoms with Gasteiger partial charge in [0.1, 0.15) is 6.61 Å². The Morgan fingerprint density at radius 3 is 1.60 bits per heavy atom. The van der Waals surface area contributed by atoms with Crippen LogP contribution in [0, 0.1) is 0 Å². The number of carboxylic acid groups (broad SMARTS) is 1. The van der Waals surface area contributed by atoms with Crippen LogP contribution in [0.5, 0.6) is 46.0 Å². The Morgan fingerprint density at radius 1 is 0.651 bits per heavy atom. The van der Waals surface area contributed by atoms with Crippen molar-refractivity contribution in [3.05, 3.63) is 65.2 Å². The zero-order chi connectivity index (χ0) is 32.0. The first-order valence-corrected chi connectivity index (χ1v) is 11.7. The monoisotopic (exact) mass is 602 g/mol. The summed E-state index contributed by atoms with van der Waals surface area (Å²) >= 11 is 0. The van der Waals surface area contributed by atoms with Gasteiger partial charge in [-0.3, -0.25) is 0 Å². The molecule has 0 bridgehead atoms. The topological polar surface area (TPSA) is 278 Å². The zero-order valence-electron chi connectivity index (χ0n) is 21.4. The number of carboxylic acids is 1. The van der Waals surface area contributed by atoms with Crippen molar-refractivity contribution in [2.45, 2.75) is 12.2 Å². The summed E-state index contributed by atoms with van der Waals surface area (Å²) in [6.45, 7) is -1.07. The van der Waals surface area contributed by atoms with E-state index in [9.17, 15) is 65.1 Å². The second-order valence-corrected chi connectivity index (χ2v) is 8.55. The molecule has 0 fully saturated rings. The second-order valence-electron chi connectivity index (χ2n) is 8.55. The molecule has 2 unspecified atom stereocenters. The van der Waals surface area contributed by atoms with Crippen LogP contribution < -0.4 is 0 Å².